The van der Waals surface area contributed by atoms with Crippen LogP contribution in [-0.2, 0) is 33.8 Å². The lowest BCUT2D eigenvalue weighted by Crippen LogP contribution is -2.52. The summed E-state index contributed by atoms with van der Waals surface area (Å²) in [5.41, 5.74) is 2.27. The van der Waals surface area contributed by atoms with Crippen molar-refractivity contribution in [1.82, 2.24) is 10.2 Å². The number of carbonyl (C=O) groups excluding carboxylic acids is 4. The first-order valence-corrected chi connectivity index (χ1v) is 11.7. The fourth-order valence-corrected chi connectivity index (χ4v) is 5.65. The largest absolute Gasteiger partial charge is 0.322 e. The summed E-state index contributed by atoms with van der Waals surface area (Å²) in [7, 11) is 0. The van der Waals surface area contributed by atoms with E-state index in [2.05, 4.69) is 5.32 Å². The van der Waals surface area contributed by atoms with Crippen molar-refractivity contribution in [3.05, 3.63) is 55.2 Å². The third kappa shape index (κ3) is 4.54. The molecule has 3 heterocycles. The fourth-order valence-electron chi connectivity index (χ4n) is 4.03. The summed E-state index contributed by atoms with van der Waals surface area (Å²) in [6, 6.07) is 4.66. The van der Waals surface area contributed by atoms with Gasteiger partial charge in [0.25, 0.3) is 5.91 Å². The van der Waals surface area contributed by atoms with E-state index in [1.54, 1.807) is 23.6 Å². The minimum Gasteiger partial charge on any atom is -0.322 e. The van der Waals surface area contributed by atoms with E-state index < -0.39 is 11.9 Å². The molecule has 6 nitrogen and oxygen atoms in total. The van der Waals surface area contributed by atoms with E-state index in [0.717, 1.165) is 16.0 Å². The molecule has 1 aromatic heterocycles. The zero-order valence-corrected chi connectivity index (χ0v) is 18.9. The number of fused-ring (bicyclic) bond motifs is 1. The number of halogens is 2. The summed E-state index contributed by atoms with van der Waals surface area (Å²) in [5.74, 6) is -0.816. The number of aryl methyl sites for hydroxylation is 1. The van der Waals surface area contributed by atoms with Gasteiger partial charge in [0.15, 0.2) is 0 Å². The molecule has 3 amide bonds. The number of benzene rings is 1. The van der Waals surface area contributed by atoms with E-state index in [-0.39, 0.29) is 24.0 Å². The monoisotopic (exact) mass is 478 g/mol. The molecule has 2 aromatic rings. The zero-order valence-electron chi connectivity index (χ0n) is 16.6. The Morgan fingerprint density at radius 1 is 1.13 bits per heavy atom. The molecular formula is C22H20Cl2N2O4S. The Bertz CT molecular complexity index is 1060. The first kappa shape index (κ1) is 22.0. The number of amides is 3. The molecule has 0 radical (unpaired) electrons. The molecule has 9 heteroatoms. The number of ketones is 1. The highest BCUT2D eigenvalue weighted by Crippen LogP contribution is 2.34. The lowest BCUT2D eigenvalue weighted by molar-refractivity contribution is -0.137. The van der Waals surface area contributed by atoms with Gasteiger partial charge in [-0.1, -0.05) is 29.3 Å². The first-order chi connectivity index (χ1) is 14.8. The van der Waals surface area contributed by atoms with Crippen LogP contribution in [0.5, 0.6) is 0 Å². The number of nitrogens with zero attached hydrogens (tertiary/aromatic N) is 1. The van der Waals surface area contributed by atoms with Crippen molar-refractivity contribution in [2.75, 3.05) is 0 Å². The van der Waals surface area contributed by atoms with E-state index >= 15 is 0 Å². The number of hydrogen-bond donors (Lipinski definition) is 1. The Labute approximate surface area is 193 Å². The number of hydrogen-bond acceptors (Lipinski definition) is 5. The number of nitrogens with one attached hydrogen (secondary N) is 1. The topological polar surface area (TPSA) is 83.6 Å². The van der Waals surface area contributed by atoms with Gasteiger partial charge >= 0.3 is 0 Å². The van der Waals surface area contributed by atoms with Gasteiger partial charge in [-0.15, -0.1) is 11.3 Å². The quantitative estimate of drug-likeness (QED) is 0.610. The van der Waals surface area contributed by atoms with Crippen molar-refractivity contribution in [2.24, 2.45) is 0 Å². The molecule has 2 aliphatic rings. The normalized spacial score (nSPS) is 18.3. The predicted octanol–water partition coefficient (Wildman–Crippen LogP) is 3.95. The van der Waals surface area contributed by atoms with Crippen LogP contribution in [0.25, 0.3) is 0 Å². The third-order valence-corrected chi connectivity index (χ3v) is 7.53. The van der Waals surface area contributed by atoms with Crippen LogP contribution in [0.2, 0.25) is 10.0 Å². The fraction of sp³-hybridized carbons (Fsp3) is 0.364. The number of piperidine rings is 1. The molecule has 4 rings (SSSR count). The van der Waals surface area contributed by atoms with Gasteiger partial charge in [-0.2, -0.15) is 0 Å². The maximum Gasteiger partial charge on any atom is 0.256 e. The summed E-state index contributed by atoms with van der Waals surface area (Å²) >= 11 is 13.8. The number of carbonyl (C=O) groups is 4. The van der Waals surface area contributed by atoms with Gasteiger partial charge < -0.3 is 4.90 Å². The minimum absolute atomic E-state index is 0.101. The van der Waals surface area contributed by atoms with Crippen LogP contribution in [-0.4, -0.2) is 34.4 Å². The van der Waals surface area contributed by atoms with Crippen LogP contribution in [0.15, 0.2) is 23.6 Å². The molecule has 31 heavy (non-hydrogen) atoms. The van der Waals surface area contributed by atoms with Crippen molar-refractivity contribution in [3.8, 4) is 0 Å². The number of Topliss-reactive ketones (excluding diaryl/α,β-unsaturated/α-hetero) is 1. The van der Waals surface area contributed by atoms with Crippen LogP contribution >= 0.6 is 34.5 Å². The maximum atomic E-state index is 12.8. The SMILES string of the molecule is O=C(CCc1scc2c1CN(C1CCC(=O)NC1=O)C2=O)CCc1c(Cl)cccc1Cl. The van der Waals surface area contributed by atoms with Gasteiger partial charge in [0.1, 0.15) is 11.8 Å². The number of rotatable bonds is 7. The van der Waals surface area contributed by atoms with Gasteiger partial charge in [-0.25, -0.2) is 0 Å². The van der Waals surface area contributed by atoms with E-state index in [1.165, 1.54) is 16.2 Å². The second-order valence-electron chi connectivity index (χ2n) is 7.69. The van der Waals surface area contributed by atoms with E-state index in [4.69, 9.17) is 23.2 Å². The molecule has 0 bridgehead atoms. The average molecular weight is 479 g/mol. The van der Waals surface area contributed by atoms with Gasteiger partial charge in [-0.3, -0.25) is 24.5 Å². The highest BCUT2D eigenvalue weighted by atomic mass is 35.5. The smallest absolute Gasteiger partial charge is 0.256 e. The first-order valence-electron chi connectivity index (χ1n) is 10.0. The molecule has 0 aliphatic carbocycles. The van der Waals surface area contributed by atoms with E-state index in [9.17, 15) is 19.2 Å². The van der Waals surface area contributed by atoms with E-state index in [1.807, 2.05) is 0 Å². The number of imide groups is 1. The Kier molecular flexibility index (Phi) is 6.46. The lowest BCUT2D eigenvalue weighted by Gasteiger charge is -2.29. The van der Waals surface area contributed by atoms with Crippen LogP contribution in [0.3, 0.4) is 0 Å². The molecular weight excluding hydrogens is 459 g/mol. The summed E-state index contributed by atoms with van der Waals surface area (Å²) in [6.45, 7) is 0.336. The molecule has 0 saturated carbocycles. The summed E-state index contributed by atoms with van der Waals surface area (Å²) in [6.07, 6.45) is 2.31. The predicted molar refractivity (Wildman–Crippen MR) is 118 cm³/mol. The van der Waals surface area contributed by atoms with E-state index in [0.29, 0.717) is 54.3 Å². The molecule has 1 atom stereocenters. The second-order valence-corrected chi connectivity index (χ2v) is 9.47. The highest BCUT2D eigenvalue weighted by molar-refractivity contribution is 7.10. The molecule has 162 valence electrons. The maximum absolute atomic E-state index is 12.8. The average Bonchev–Trinajstić information content (AvgIpc) is 3.26. The third-order valence-electron chi connectivity index (χ3n) is 5.73. The summed E-state index contributed by atoms with van der Waals surface area (Å²) in [4.78, 5) is 51.3. The molecule has 2 aliphatic heterocycles. The van der Waals surface area contributed by atoms with Crippen molar-refractivity contribution in [1.29, 1.82) is 0 Å². The van der Waals surface area contributed by atoms with Gasteiger partial charge in [0, 0.05) is 46.1 Å². The van der Waals surface area contributed by atoms with Crippen molar-refractivity contribution >= 4 is 58.0 Å². The minimum atomic E-state index is -0.627. The Morgan fingerprint density at radius 3 is 2.55 bits per heavy atom. The van der Waals surface area contributed by atoms with Crippen LogP contribution in [0.4, 0.5) is 0 Å². The van der Waals surface area contributed by atoms with Crippen molar-refractivity contribution in [3.63, 3.8) is 0 Å². The molecule has 1 aromatic carbocycles. The van der Waals surface area contributed by atoms with Crippen molar-refractivity contribution in [2.45, 2.75) is 51.1 Å². The molecule has 1 fully saturated rings. The van der Waals surface area contributed by atoms with Crippen LogP contribution in [0, 0.1) is 0 Å². The van der Waals surface area contributed by atoms with Crippen LogP contribution < -0.4 is 5.32 Å². The van der Waals surface area contributed by atoms with Crippen LogP contribution in [0.1, 0.15) is 52.0 Å². The Morgan fingerprint density at radius 2 is 1.84 bits per heavy atom. The molecule has 1 saturated heterocycles. The Balaban J connectivity index is 1.35. The summed E-state index contributed by atoms with van der Waals surface area (Å²) < 4.78 is 0. The molecule has 1 unspecified atom stereocenters. The van der Waals surface area contributed by atoms with Gasteiger partial charge in [0.05, 0.1) is 5.56 Å². The highest BCUT2D eigenvalue weighted by Gasteiger charge is 2.40. The standard InChI is InChI=1S/C22H20Cl2N2O4S/c23-16-2-1-3-17(24)13(16)6-4-12(27)5-8-19-14-10-26(22(30)15(14)11-31-19)18-7-9-20(28)25-21(18)29/h1-3,11,18H,4-10H2,(H,25,28,29). The number of thiophene rings is 1. The molecule has 1 N–H and O–H groups in total. The lowest BCUT2D eigenvalue weighted by atomic mass is 10.0. The van der Waals surface area contributed by atoms with Crippen molar-refractivity contribution < 1.29 is 19.2 Å². The summed E-state index contributed by atoms with van der Waals surface area (Å²) in [5, 5.41) is 5.22. The Hall–Kier alpha value is -2.22. The van der Waals surface area contributed by atoms with Gasteiger partial charge in [0.2, 0.25) is 11.8 Å². The van der Waals surface area contributed by atoms with Gasteiger partial charge in [-0.05, 0) is 42.5 Å². The second kappa shape index (κ2) is 9.10. The zero-order chi connectivity index (χ0) is 22.1. The molecule has 0 spiro atoms.